The second kappa shape index (κ2) is 23.5. The molecule has 1 fully saturated rings. The highest BCUT2D eigenvalue weighted by Crippen LogP contribution is 2.62. The van der Waals surface area contributed by atoms with Gasteiger partial charge in [0.15, 0.2) is 6.29 Å². The maximum atomic E-state index is 14.7. The lowest BCUT2D eigenvalue weighted by Gasteiger charge is -2.59. The molecule has 0 bridgehead atoms. The lowest BCUT2D eigenvalue weighted by Crippen LogP contribution is -2.70. The minimum atomic E-state index is -1.52. The van der Waals surface area contributed by atoms with Crippen LogP contribution in [0.5, 0.6) is 23.0 Å². The highest BCUT2D eigenvalue weighted by Gasteiger charge is 2.65. The quantitative estimate of drug-likeness (QED) is 0.0223. The first-order valence-electron chi connectivity index (χ1n) is 23.4. The molecular weight excluding hydrogens is 871 g/mol. The van der Waals surface area contributed by atoms with Gasteiger partial charge in [0.2, 0.25) is 5.79 Å². The monoisotopic (exact) mass is 931 g/mol. The van der Waals surface area contributed by atoms with Gasteiger partial charge in [-0.05, 0) is 109 Å². The predicted octanol–water partition coefficient (Wildman–Crippen LogP) is 10.1. The van der Waals surface area contributed by atoms with E-state index in [1.165, 1.54) is 19.2 Å². The summed E-state index contributed by atoms with van der Waals surface area (Å²) in [6, 6.07) is 25.4. The van der Waals surface area contributed by atoms with Crippen LogP contribution in [0.1, 0.15) is 91.3 Å². The molecule has 0 spiro atoms. The number of oxime groups is 1. The van der Waals surface area contributed by atoms with E-state index < -0.39 is 28.8 Å². The van der Waals surface area contributed by atoms with E-state index in [9.17, 15) is 29.9 Å². The number of methoxy groups -OCH3 is 1. The number of amides is 1. The molecule has 0 unspecified atom stereocenters. The van der Waals surface area contributed by atoms with E-state index in [0.29, 0.717) is 71.9 Å². The van der Waals surface area contributed by atoms with Gasteiger partial charge in [0.25, 0.3) is 5.69 Å². The molecule has 1 amide bonds. The van der Waals surface area contributed by atoms with Gasteiger partial charge < -0.3 is 38.7 Å². The maximum Gasteiger partial charge on any atom is 0.410 e. The second-order valence-corrected chi connectivity index (χ2v) is 17.3. The lowest BCUT2D eigenvalue weighted by atomic mass is 9.55. The van der Waals surface area contributed by atoms with Crippen molar-refractivity contribution in [2.24, 2.45) is 22.9 Å². The van der Waals surface area contributed by atoms with Gasteiger partial charge in [-0.15, -0.1) is 6.58 Å². The van der Waals surface area contributed by atoms with Crippen molar-refractivity contribution in [1.29, 1.82) is 0 Å². The number of ether oxygens (including phenoxy) is 5. The summed E-state index contributed by atoms with van der Waals surface area (Å²) in [6.07, 6.45) is 8.98. The highest BCUT2D eigenvalue weighted by molar-refractivity contribution is 6.03. The standard InChI is InChI=1S/C53H61N3O12/c1-4-25-55(52(60)64-34-36-13-7-6-8-14-36)49-32-46(54-66-35-37-17-19-40(20-18-37)56(61)62)44-30-38(15-9-11-26-57)43(16-10-12-27-58)50-45-31-42(67-41-21-23-47(63-3)39(29-41)33-59)22-24-48(45)68-53(49,51(44)50)65-28-5-2/h5-8,13-14,17-24,29-31,33,38,43,49-51,57-58H,2,4,9-12,15-16,25-28,32,34-35H2,1,3H3/t38-,43+,49-,50+,51+,53+/m0/s1. The maximum absolute atomic E-state index is 14.7. The summed E-state index contributed by atoms with van der Waals surface area (Å²) < 4.78 is 32.3. The van der Waals surface area contributed by atoms with E-state index in [4.69, 9.17) is 33.7 Å². The number of allylic oxidation sites excluding steroid dienone is 1. The third kappa shape index (κ3) is 11.1. The SMILES string of the molecule is C=CCO[C@@]12Oc3ccc(Oc4ccc(OC)c(C=O)c4)cc3[C@H]3[C@H](CCCCO)[C@@H](CCCCO)C=C(C(=NOCc4ccc([N+](=O)[O-])cc4)C[C@@H]1N(CCC)C(=O)OCc1ccccc1)[C@H]32. The number of nitrogens with zero attached hydrogens (tertiary/aromatic N) is 3. The molecule has 7 rings (SSSR count). The zero-order chi connectivity index (χ0) is 48.0. The molecule has 1 heterocycles. The van der Waals surface area contributed by atoms with Crippen LogP contribution in [0, 0.1) is 27.9 Å². The van der Waals surface area contributed by atoms with Crippen molar-refractivity contribution in [1.82, 2.24) is 4.90 Å². The van der Waals surface area contributed by atoms with Crippen LogP contribution in [0.15, 0.2) is 120 Å². The Morgan fingerprint density at radius 3 is 2.37 bits per heavy atom. The third-order valence-corrected chi connectivity index (χ3v) is 13.0. The van der Waals surface area contributed by atoms with Gasteiger partial charge >= 0.3 is 6.09 Å². The van der Waals surface area contributed by atoms with Crippen LogP contribution >= 0.6 is 0 Å². The van der Waals surface area contributed by atoms with Crippen molar-refractivity contribution in [3.05, 3.63) is 148 Å². The van der Waals surface area contributed by atoms with Crippen molar-refractivity contribution in [2.45, 2.75) is 89.3 Å². The van der Waals surface area contributed by atoms with Crippen molar-refractivity contribution in [3.63, 3.8) is 0 Å². The van der Waals surface area contributed by atoms with Gasteiger partial charge in [-0.3, -0.25) is 19.8 Å². The molecule has 68 heavy (non-hydrogen) atoms. The summed E-state index contributed by atoms with van der Waals surface area (Å²) in [6.45, 7) is 6.53. The van der Waals surface area contributed by atoms with Gasteiger partial charge in [0.05, 0.1) is 35.8 Å². The largest absolute Gasteiger partial charge is 0.496 e. The van der Waals surface area contributed by atoms with Gasteiger partial charge in [-0.1, -0.05) is 67.4 Å². The molecule has 6 atom stereocenters. The predicted molar refractivity (Wildman–Crippen MR) is 255 cm³/mol. The van der Waals surface area contributed by atoms with E-state index >= 15 is 0 Å². The Kier molecular flexibility index (Phi) is 17.0. The third-order valence-electron chi connectivity index (χ3n) is 13.0. The normalized spacial score (nSPS) is 21.9. The van der Waals surface area contributed by atoms with Crippen LogP contribution < -0.4 is 14.2 Å². The van der Waals surface area contributed by atoms with Crippen LogP contribution in [-0.2, 0) is 27.5 Å². The first-order chi connectivity index (χ1) is 33.2. The average Bonchev–Trinajstić information content (AvgIpc) is 3.36. The van der Waals surface area contributed by atoms with Gasteiger partial charge in [0.1, 0.15) is 42.3 Å². The van der Waals surface area contributed by atoms with E-state index in [1.807, 2.05) is 49.4 Å². The zero-order valence-corrected chi connectivity index (χ0v) is 38.7. The van der Waals surface area contributed by atoms with Gasteiger partial charge in [-0.25, -0.2) is 4.79 Å². The molecule has 1 aliphatic heterocycles. The van der Waals surface area contributed by atoms with Crippen molar-refractivity contribution >= 4 is 23.8 Å². The molecule has 0 radical (unpaired) electrons. The number of carbonyl (C=O) groups excluding carboxylic acids is 2. The number of carbonyl (C=O) groups is 2. The molecule has 4 aromatic rings. The minimum Gasteiger partial charge on any atom is -0.496 e. The van der Waals surface area contributed by atoms with Crippen LogP contribution in [0.4, 0.5) is 10.5 Å². The Labute approximate surface area is 397 Å². The second-order valence-electron chi connectivity index (χ2n) is 17.3. The molecule has 1 saturated carbocycles. The molecule has 15 nitrogen and oxygen atoms in total. The number of aliphatic hydroxyl groups excluding tert-OH is 2. The van der Waals surface area contributed by atoms with E-state index in [1.54, 1.807) is 47.4 Å². The Hall–Kier alpha value is -6.55. The molecular formula is C53H61N3O12. The van der Waals surface area contributed by atoms with E-state index in [2.05, 4.69) is 12.7 Å². The van der Waals surface area contributed by atoms with Crippen molar-refractivity contribution in [2.75, 3.05) is 33.5 Å². The minimum absolute atomic E-state index is 0.0182. The Balaban J connectivity index is 1.41. The topological polar surface area (TPSA) is 189 Å². The summed E-state index contributed by atoms with van der Waals surface area (Å²) in [5, 5.41) is 36.3. The summed E-state index contributed by atoms with van der Waals surface area (Å²) in [5.74, 6) is -0.627. The summed E-state index contributed by atoms with van der Waals surface area (Å²) >= 11 is 0. The molecule has 360 valence electrons. The number of aldehydes is 1. The number of nitro groups is 1. The van der Waals surface area contributed by atoms with Gasteiger partial charge in [0, 0.05) is 49.8 Å². The van der Waals surface area contributed by atoms with E-state index in [0.717, 1.165) is 42.4 Å². The molecule has 2 N–H and O–H groups in total. The Bertz CT molecular complexity index is 2420. The van der Waals surface area contributed by atoms with Crippen molar-refractivity contribution < 1.29 is 53.2 Å². The molecule has 15 heteroatoms. The fourth-order valence-corrected chi connectivity index (χ4v) is 10.0. The summed E-state index contributed by atoms with van der Waals surface area (Å²) in [7, 11) is 1.50. The first kappa shape index (κ1) is 49.4. The number of hydrogen-bond acceptors (Lipinski definition) is 13. The fourth-order valence-electron chi connectivity index (χ4n) is 10.0. The van der Waals surface area contributed by atoms with Crippen molar-refractivity contribution in [3.8, 4) is 23.0 Å². The number of fused-ring (bicyclic) bond motifs is 2. The molecule has 2 aliphatic carbocycles. The number of non-ortho nitro benzene ring substituents is 1. The molecule has 0 aromatic heterocycles. The number of aliphatic hydroxyl groups is 2. The first-order valence-corrected chi connectivity index (χ1v) is 23.4. The number of rotatable bonds is 24. The molecule has 0 saturated heterocycles. The number of hydrogen-bond donors (Lipinski definition) is 2. The highest BCUT2D eigenvalue weighted by atomic mass is 16.7. The number of unbranched alkanes of at least 4 members (excludes halogenated alkanes) is 2. The van der Waals surface area contributed by atoms with Crippen LogP contribution in [0.3, 0.4) is 0 Å². The summed E-state index contributed by atoms with van der Waals surface area (Å²) in [4.78, 5) is 45.4. The Morgan fingerprint density at radius 2 is 1.68 bits per heavy atom. The zero-order valence-electron chi connectivity index (χ0n) is 38.7. The van der Waals surface area contributed by atoms with Crippen LogP contribution in [0.25, 0.3) is 0 Å². The van der Waals surface area contributed by atoms with Crippen LogP contribution in [0.2, 0.25) is 0 Å². The number of nitro benzene ring substituents is 1. The lowest BCUT2D eigenvalue weighted by molar-refractivity contribution is -0.384. The Morgan fingerprint density at radius 1 is 0.956 bits per heavy atom. The van der Waals surface area contributed by atoms with E-state index in [-0.39, 0.29) is 62.9 Å². The van der Waals surface area contributed by atoms with Gasteiger partial charge in [-0.2, -0.15) is 0 Å². The van der Waals surface area contributed by atoms with Crippen LogP contribution in [-0.4, -0.2) is 83.4 Å². The average molecular weight is 932 g/mol. The molecule has 4 aromatic carbocycles. The summed E-state index contributed by atoms with van der Waals surface area (Å²) in [5.41, 5.74) is 4.07. The smallest absolute Gasteiger partial charge is 0.410 e. The number of benzene rings is 4. The fraction of sp³-hybridized carbons (Fsp3) is 0.415. The molecule has 3 aliphatic rings.